The Morgan fingerprint density at radius 3 is 2.70 bits per heavy atom. The number of benzene rings is 1. The Kier molecular flexibility index (Phi) is 17.1. The first-order valence-corrected chi connectivity index (χ1v) is 10.8. The molecule has 0 saturated heterocycles. The van der Waals surface area contributed by atoms with E-state index < -0.39 is 0 Å². The number of alkyl halides is 1. The third kappa shape index (κ3) is 12.6. The van der Waals surface area contributed by atoms with E-state index in [0.29, 0.717) is 5.88 Å². The maximum absolute atomic E-state index is 5.07. The summed E-state index contributed by atoms with van der Waals surface area (Å²) < 4.78 is 1.11. The van der Waals surface area contributed by atoms with Gasteiger partial charge in [0.15, 0.2) is 0 Å². The zero-order valence-corrected chi connectivity index (χ0v) is 19.1. The smallest absolute Gasteiger partial charge is 0.0662 e. The summed E-state index contributed by atoms with van der Waals surface area (Å²) in [5, 5.41) is 10.1. The van der Waals surface area contributed by atoms with E-state index in [2.05, 4.69) is 62.2 Å². The van der Waals surface area contributed by atoms with Gasteiger partial charge in [0.1, 0.15) is 0 Å². The lowest BCUT2D eigenvalue weighted by Gasteiger charge is -2.22. The average molecular weight is 455 g/mol. The van der Waals surface area contributed by atoms with E-state index in [1.165, 1.54) is 11.3 Å². The molecular formula is C22H33BrClN3. The lowest BCUT2D eigenvalue weighted by atomic mass is 10.2. The average Bonchev–Trinajstić information content (AvgIpc) is 2.99. The van der Waals surface area contributed by atoms with E-state index in [9.17, 15) is 0 Å². The van der Waals surface area contributed by atoms with Crippen LogP contribution in [0.2, 0.25) is 0 Å². The van der Waals surface area contributed by atoms with Gasteiger partial charge >= 0.3 is 0 Å². The maximum Gasteiger partial charge on any atom is 0.0662 e. The fraction of sp³-hybridized carbons (Fsp3) is 0.409. The lowest BCUT2D eigenvalue weighted by Crippen LogP contribution is -2.19. The van der Waals surface area contributed by atoms with Gasteiger partial charge in [0, 0.05) is 35.2 Å². The van der Waals surface area contributed by atoms with E-state index >= 15 is 0 Å². The molecule has 2 rings (SSSR count). The predicted molar refractivity (Wildman–Crippen MR) is 125 cm³/mol. The van der Waals surface area contributed by atoms with Crippen molar-refractivity contribution in [2.75, 3.05) is 19.0 Å². The molecule has 0 aromatic heterocycles. The van der Waals surface area contributed by atoms with Gasteiger partial charge in [0.05, 0.1) is 6.54 Å². The molecule has 150 valence electrons. The molecule has 1 heterocycles. The molecule has 0 bridgehead atoms. The van der Waals surface area contributed by atoms with Crippen molar-refractivity contribution >= 4 is 33.7 Å². The van der Waals surface area contributed by atoms with Gasteiger partial charge in [-0.15, -0.1) is 18.2 Å². The highest BCUT2D eigenvalue weighted by atomic mass is 79.9. The van der Waals surface area contributed by atoms with Crippen molar-refractivity contribution < 1.29 is 0 Å². The Morgan fingerprint density at radius 2 is 2.07 bits per heavy atom. The molecule has 1 aromatic rings. The summed E-state index contributed by atoms with van der Waals surface area (Å²) in [4.78, 5) is 0. The summed E-state index contributed by atoms with van der Waals surface area (Å²) in [6.45, 7) is 12.2. The minimum absolute atomic E-state index is 0.556. The van der Waals surface area contributed by atoms with E-state index in [4.69, 9.17) is 11.6 Å². The van der Waals surface area contributed by atoms with Gasteiger partial charge in [0.25, 0.3) is 0 Å². The molecule has 0 saturated carbocycles. The predicted octanol–water partition coefficient (Wildman–Crippen LogP) is 6.52. The molecule has 27 heavy (non-hydrogen) atoms. The lowest BCUT2D eigenvalue weighted by molar-refractivity contribution is 0.345. The highest BCUT2D eigenvalue weighted by Crippen LogP contribution is 2.19. The number of hydrogen-bond acceptors (Lipinski definition) is 3. The molecule has 0 atom stereocenters. The summed E-state index contributed by atoms with van der Waals surface area (Å²) >= 11 is 8.60. The van der Waals surface area contributed by atoms with Crippen LogP contribution in [0, 0.1) is 0 Å². The first-order chi connectivity index (χ1) is 13.2. The topological polar surface area (TPSA) is 27.6 Å². The summed E-state index contributed by atoms with van der Waals surface area (Å²) in [5.74, 6) is 0.556. The SMILES string of the molecule is C/C=C/C=N/N(Cc1cccc(Br)c1)C1=CCCNCC1.C=CCCl.CC. The molecule has 0 aliphatic carbocycles. The Bertz CT molecular complexity index is 597. The summed E-state index contributed by atoms with van der Waals surface area (Å²) in [5.41, 5.74) is 2.54. The van der Waals surface area contributed by atoms with Crippen molar-refractivity contribution in [1.82, 2.24) is 10.3 Å². The summed E-state index contributed by atoms with van der Waals surface area (Å²) in [7, 11) is 0. The van der Waals surface area contributed by atoms with Crippen LogP contribution >= 0.6 is 27.5 Å². The van der Waals surface area contributed by atoms with E-state index in [-0.39, 0.29) is 0 Å². The van der Waals surface area contributed by atoms with Crippen LogP contribution in [0.1, 0.15) is 39.2 Å². The van der Waals surface area contributed by atoms with Crippen molar-refractivity contribution in [3.8, 4) is 0 Å². The largest absolute Gasteiger partial charge is 0.316 e. The molecule has 1 aliphatic heterocycles. The van der Waals surface area contributed by atoms with Gasteiger partial charge in [0.2, 0.25) is 0 Å². The molecule has 1 aromatic carbocycles. The third-order valence-corrected chi connectivity index (χ3v) is 4.12. The van der Waals surface area contributed by atoms with Crippen molar-refractivity contribution in [1.29, 1.82) is 0 Å². The van der Waals surface area contributed by atoms with Crippen LogP contribution in [0.25, 0.3) is 0 Å². The molecule has 1 aliphatic rings. The van der Waals surface area contributed by atoms with Gasteiger partial charge < -0.3 is 5.32 Å². The minimum atomic E-state index is 0.556. The number of nitrogens with zero attached hydrogens (tertiary/aromatic N) is 2. The monoisotopic (exact) mass is 453 g/mol. The Labute approximate surface area is 179 Å². The molecule has 0 unspecified atom stereocenters. The molecule has 0 radical (unpaired) electrons. The van der Waals surface area contributed by atoms with Crippen LogP contribution < -0.4 is 5.32 Å². The van der Waals surface area contributed by atoms with Crippen LogP contribution in [0.5, 0.6) is 0 Å². The van der Waals surface area contributed by atoms with E-state index in [1.54, 1.807) is 6.08 Å². The second-order valence-electron chi connectivity index (χ2n) is 5.41. The normalized spacial score (nSPS) is 13.7. The molecule has 1 N–H and O–H groups in total. The second-order valence-corrected chi connectivity index (χ2v) is 6.63. The molecule has 0 fully saturated rings. The van der Waals surface area contributed by atoms with Crippen LogP contribution in [0.3, 0.4) is 0 Å². The Morgan fingerprint density at radius 1 is 1.33 bits per heavy atom. The number of rotatable bonds is 6. The third-order valence-electron chi connectivity index (χ3n) is 3.41. The minimum Gasteiger partial charge on any atom is -0.316 e. The first-order valence-electron chi connectivity index (χ1n) is 9.45. The molecule has 0 spiro atoms. The fourth-order valence-corrected chi connectivity index (χ4v) is 2.70. The quantitative estimate of drug-likeness (QED) is 0.229. The van der Waals surface area contributed by atoms with Crippen LogP contribution in [0.4, 0.5) is 0 Å². The highest BCUT2D eigenvalue weighted by molar-refractivity contribution is 9.10. The fourth-order valence-electron chi connectivity index (χ4n) is 2.25. The van der Waals surface area contributed by atoms with Gasteiger partial charge in [-0.05, 0) is 43.7 Å². The van der Waals surface area contributed by atoms with Crippen molar-refractivity contribution in [2.24, 2.45) is 5.10 Å². The highest BCUT2D eigenvalue weighted by Gasteiger charge is 2.11. The van der Waals surface area contributed by atoms with Crippen molar-refractivity contribution in [3.63, 3.8) is 0 Å². The molecular weight excluding hydrogens is 422 g/mol. The zero-order valence-electron chi connectivity index (χ0n) is 16.8. The van der Waals surface area contributed by atoms with E-state index in [0.717, 1.165) is 36.9 Å². The van der Waals surface area contributed by atoms with E-state index in [1.807, 2.05) is 45.2 Å². The van der Waals surface area contributed by atoms with Gasteiger partial charge in [-0.1, -0.05) is 60.1 Å². The number of allylic oxidation sites excluding steroid dienone is 3. The maximum atomic E-state index is 5.07. The molecule has 3 nitrogen and oxygen atoms in total. The number of hydrogen-bond donors (Lipinski definition) is 1. The number of halogens is 2. The van der Waals surface area contributed by atoms with Crippen molar-refractivity contribution in [3.05, 3.63) is 70.9 Å². The van der Waals surface area contributed by atoms with Crippen LogP contribution in [-0.4, -0.2) is 30.2 Å². The van der Waals surface area contributed by atoms with Crippen LogP contribution in [-0.2, 0) is 6.54 Å². The van der Waals surface area contributed by atoms with Crippen LogP contribution in [0.15, 0.2) is 70.4 Å². The molecule has 5 heteroatoms. The summed E-state index contributed by atoms with van der Waals surface area (Å²) in [6.07, 6.45) is 11.8. The molecule has 0 amide bonds. The standard InChI is InChI=1S/C17H22BrN3.C3H5Cl.C2H6/c1-2-3-11-20-21(17-8-5-10-19-12-9-17)14-15-6-4-7-16(18)13-15;1-2-3-4;1-2/h2-4,6-8,11,13,19H,5,9-10,12,14H2,1H3;2H,1,3H2;1-2H3/b3-2+,20-11+;;. The first kappa shape index (κ1) is 25.6. The second kappa shape index (κ2) is 18.0. The number of nitrogens with one attached hydrogen (secondary N) is 1. The Hall–Kier alpha value is -1.36. The Balaban J connectivity index is 0.000000998. The number of hydrazone groups is 1. The van der Waals surface area contributed by atoms with Gasteiger partial charge in [-0.2, -0.15) is 5.10 Å². The van der Waals surface area contributed by atoms with Gasteiger partial charge in [-0.25, -0.2) is 0 Å². The zero-order chi connectivity index (χ0) is 20.3. The van der Waals surface area contributed by atoms with Gasteiger partial charge in [-0.3, -0.25) is 5.01 Å². The summed E-state index contributed by atoms with van der Waals surface area (Å²) in [6, 6.07) is 8.40. The van der Waals surface area contributed by atoms with Crippen molar-refractivity contribution in [2.45, 2.75) is 40.2 Å².